The van der Waals surface area contributed by atoms with Gasteiger partial charge in [0.2, 0.25) is 0 Å². The van der Waals surface area contributed by atoms with Crippen molar-refractivity contribution in [2.75, 3.05) is 33.7 Å². The van der Waals surface area contributed by atoms with Crippen LogP contribution in [-0.2, 0) is 10.8 Å². The van der Waals surface area contributed by atoms with Crippen LogP contribution >= 0.6 is 0 Å². The minimum Gasteiger partial charge on any atom is -0.341 e. The topological polar surface area (TPSA) is 13.0 Å². The normalized spacial score (nSPS) is 15.0. The average molecular weight is 951 g/mol. The Labute approximate surface area is 433 Å². The molecule has 74 heavy (non-hydrogen) atoms. The summed E-state index contributed by atoms with van der Waals surface area (Å²) in [5.41, 5.74) is 27.0. The number of benzene rings is 11. The summed E-state index contributed by atoms with van der Waals surface area (Å²) in [5, 5.41) is 4.89. The van der Waals surface area contributed by atoms with Crippen LogP contribution in [0.4, 0.5) is 56.9 Å². The van der Waals surface area contributed by atoms with Gasteiger partial charge in [-0.1, -0.05) is 173 Å². The zero-order chi connectivity index (χ0) is 49.8. The smallest absolute Gasteiger partial charge is 0.0699 e. The molecule has 354 valence electrons. The minimum absolute atomic E-state index is 0.175. The Morgan fingerprint density at radius 1 is 0.257 bits per heavy atom. The molecule has 11 aromatic carbocycles. The molecule has 2 aliphatic carbocycles. The molecule has 0 saturated heterocycles. The van der Waals surface area contributed by atoms with Crippen molar-refractivity contribution >= 4 is 78.4 Å². The first kappa shape index (κ1) is 42.8. The van der Waals surface area contributed by atoms with E-state index in [4.69, 9.17) is 0 Å². The fourth-order valence-electron chi connectivity index (χ4n) is 13.8. The summed E-state index contributed by atoms with van der Waals surface area (Å²) in [5.74, 6) is 0. The molecule has 0 N–H and O–H groups in total. The predicted molar refractivity (Wildman–Crippen MR) is 313 cm³/mol. The van der Waals surface area contributed by atoms with Crippen LogP contribution < -0.4 is 19.6 Å². The highest BCUT2D eigenvalue weighted by molar-refractivity contribution is 6.25. The van der Waals surface area contributed by atoms with E-state index in [2.05, 4.69) is 280 Å². The fourth-order valence-corrected chi connectivity index (χ4v) is 13.8. The van der Waals surface area contributed by atoms with Gasteiger partial charge in [0.25, 0.3) is 0 Å². The third-order valence-corrected chi connectivity index (χ3v) is 17.3. The summed E-state index contributed by atoms with van der Waals surface area (Å²) in [4.78, 5) is 9.62. The van der Waals surface area contributed by atoms with Gasteiger partial charge in [-0.15, -0.1) is 0 Å². The lowest BCUT2D eigenvalue weighted by atomic mass is 9.79. The SMILES string of the molecule is CN1c2ccccc2N(c2ccc3c(-c4cccc5c4-c4ccccc4C5(C)C)c4cc(N5c6ccccc6N(C)c6ccccc65)ccc4c(-c4cccc5c4-c4ccccc4C5(C)C)c3c2)c2ccccc21. The highest BCUT2D eigenvalue weighted by Crippen LogP contribution is 2.60. The third kappa shape index (κ3) is 5.68. The number of hydrogen-bond donors (Lipinski definition) is 0. The molecule has 0 fully saturated rings. The number of para-hydroxylation sites is 8. The number of hydrogen-bond acceptors (Lipinski definition) is 4. The summed E-state index contributed by atoms with van der Waals surface area (Å²) in [6, 6.07) is 82.4. The van der Waals surface area contributed by atoms with Crippen molar-refractivity contribution in [1.82, 2.24) is 0 Å². The lowest BCUT2D eigenvalue weighted by Crippen LogP contribution is -2.24. The van der Waals surface area contributed by atoms with Crippen LogP contribution in [0.3, 0.4) is 0 Å². The molecule has 0 radical (unpaired) electrons. The van der Waals surface area contributed by atoms with E-state index in [-0.39, 0.29) is 10.8 Å². The van der Waals surface area contributed by atoms with E-state index in [9.17, 15) is 0 Å². The molecular weight excluding hydrogens is 897 g/mol. The Kier molecular flexibility index (Phi) is 8.87. The largest absolute Gasteiger partial charge is 0.341 e. The second-order valence-electron chi connectivity index (χ2n) is 21.8. The van der Waals surface area contributed by atoms with Gasteiger partial charge in [-0.05, 0) is 161 Å². The third-order valence-electron chi connectivity index (χ3n) is 17.3. The van der Waals surface area contributed by atoms with E-state index in [1.165, 1.54) is 111 Å². The van der Waals surface area contributed by atoms with Gasteiger partial charge in [-0.3, -0.25) is 0 Å². The second kappa shape index (κ2) is 15.3. The molecule has 0 atom stereocenters. The quantitative estimate of drug-likeness (QED) is 0.163. The number of fused-ring (bicyclic) bond motifs is 12. The van der Waals surface area contributed by atoms with Gasteiger partial charge in [0.15, 0.2) is 0 Å². The molecule has 15 rings (SSSR count). The summed E-state index contributed by atoms with van der Waals surface area (Å²) >= 11 is 0. The Balaban J connectivity index is 1.11. The molecule has 4 heteroatoms. The first-order valence-electron chi connectivity index (χ1n) is 26.1. The molecule has 0 unspecified atom stereocenters. The molecule has 0 bridgehead atoms. The van der Waals surface area contributed by atoms with Crippen LogP contribution in [0.2, 0.25) is 0 Å². The van der Waals surface area contributed by atoms with Crippen molar-refractivity contribution in [2.45, 2.75) is 38.5 Å². The van der Waals surface area contributed by atoms with Gasteiger partial charge in [0.1, 0.15) is 0 Å². The van der Waals surface area contributed by atoms with Crippen molar-refractivity contribution in [3.63, 3.8) is 0 Å². The lowest BCUT2D eigenvalue weighted by molar-refractivity contribution is 0.660. The molecule has 2 heterocycles. The van der Waals surface area contributed by atoms with Gasteiger partial charge >= 0.3 is 0 Å². The Morgan fingerprint density at radius 3 is 0.919 bits per heavy atom. The average Bonchev–Trinajstić information content (AvgIpc) is 3.92. The van der Waals surface area contributed by atoms with E-state index in [0.717, 1.165) is 34.1 Å². The van der Waals surface area contributed by atoms with Crippen molar-refractivity contribution < 1.29 is 0 Å². The highest BCUT2D eigenvalue weighted by atomic mass is 15.3. The molecule has 11 aromatic rings. The van der Waals surface area contributed by atoms with E-state index in [1.54, 1.807) is 0 Å². The van der Waals surface area contributed by atoms with Crippen LogP contribution in [0.1, 0.15) is 49.9 Å². The first-order chi connectivity index (χ1) is 36.1. The second-order valence-corrected chi connectivity index (χ2v) is 21.8. The zero-order valence-electron chi connectivity index (χ0n) is 42.6. The van der Waals surface area contributed by atoms with Crippen molar-refractivity contribution in [3.05, 3.63) is 241 Å². The van der Waals surface area contributed by atoms with E-state index < -0.39 is 0 Å². The van der Waals surface area contributed by atoms with Gasteiger partial charge in [0, 0.05) is 36.3 Å². The molecule has 0 amide bonds. The van der Waals surface area contributed by atoms with Crippen molar-refractivity contribution in [3.8, 4) is 44.5 Å². The maximum Gasteiger partial charge on any atom is 0.0699 e. The number of anilines is 10. The zero-order valence-corrected chi connectivity index (χ0v) is 42.6. The Bertz CT molecular complexity index is 3850. The van der Waals surface area contributed by atoms with Crippen LogP contribution in [0.5, 0.6) is 0 Å². The van der Waals surface area contributed by atoms with Gasteiger partial charge < -0.3 is 19.6 Å². The van der Waals surface area contributed by atoms with Crippen molar-refractivity contribution in [1.29, 1.82) is 0 Å². The van der Waals surface area contributed by atoms with Crippen LogP contribution in [0.25, 0.3) is 66.1 Å². The van der Waals surface area contributed by atoms with E-state index in [1.807, 2.05) is 0 Å². The molecule has 4 aliphatic rings. The maximum atomic E-state index is 2.51. The monoisotopic (exact) mass is 950 g/mol. The Morgan fingerprint density at radius 2 is 0.554 bits per heavy atom. The summed E-state index contributed by atoms with van der Waals surface area (Å²) in [7, 11) is 4.37. The molecule has 0 aromatic heterocycles. The van der Waals surface area contributed by atoms with E-state index in [0.29, 0.717) is 0 Å². The Hall–Kier alpha value is -8.86. The summed E-state index contributed by atoms with van der Waals surface area (Å²) in [6.45, 7) is 9.59. The highest BCUT2D eigenvalue weighted by Gasteiger charge is 2.40. The molecular formula is C70H54N4. The van der Waals surface area contributed by atoms with Crippen molar-refractivity contribution in [2.24, 2.45) is 0 Å². The molecule has 4 nitrogen and oxygen atoms in total. The number of nitrogens with zero attached hydrogens (tertiary/aromatic N) is 4. The molecule has 0 spiro atoms. The standard InChI is InChI=1S/C70H54N4/c1-69(2)53-25-9-7-21-47(53)67-49(23-19-27-55(67)69)65-45-39-37-44(74-63-35-17-13-31-59(63)72(6)60-32-14-18-36-64(60)74)42-52(45)66(50-24-20-28-56-68(50)48-22-8-10-26-54(48)70(56,3)4)46-40-38-43(41-51(46)65)73-61-33-15-11-29-57(61)71(5)58-30-12-16-34-62(58)73/h7-42H,1-6H3. The summed E-state index contributed by atoms with van der Waals surface area (Å²) < 4.78 is 0. The fraction of sp³-hybridized carbons (Fsp3) is 0.114. The van der Waals surface area contributed by atoms with Gasteiger partial charge in [-0.2, -0.15) is 0 Å². The van der Waals surface area contributed by atoms with E-state index >= 15 is 0 Å². The molecule has 2 aliphatic heterocycles. The molecule has 0 saturated carbocycles. The lowest BCUT2D eigenvalue weighted by Gasteiger charge is -2.39. The summed E-state index contributed by atoms with van der Waals surface area (Å²) in [6.07, 6.45) is 0. The van der Waals surface area contributed by atoms with Crippen LogP contribution in [-0.4, -0.2) is 14.1 Å². The van der Waals surface area contributed by atoms with Gasteiger partial charge in [-0.25, -0.2) is 0 Å². The maximum absolute atomic E-state index is 2.51. The van der Waals surface area contributed by atoms with Crippen LogP contribution in [0.15, 0.2) is 218 Å². The van der Waals surface area contributed by atoms with Crippen LogP contribution in [0, 0.1) is 0 Å². The van der Waals surface area contributed by atoms with Gasteiger partial charge in [0.05, 0.1) is 45.5 Å². The first-order valence-corrected chi connectivity index (χ1v) is 26.1. The predicted octanol–water partition coefficient (Wildman–Crippen LogP) is 19.0. The minimum atomic E-state index is -0.175. The number of rotatable bonds is 4.